The third kappa shape index (κ3) is 44.9. The summed E-state index contributed by atoms with van der Waals surface area (Å²) in [6.07, 6.45) is 6.26. The zero-order chi connectivity index (χ0) is 35.4. The van der Waals surface area contributed by atoms with Crippen molar-refractivity contribution in [2.24, 2.45) is 0 Å². The van der Waals surface area contributed by atoms with Gasteiger partial charge in [0.15, 0.2) is 0 Å². The summed E-state index contributed by atoms with van der Waals surface area (Å²) >= 11 is 0. The van der Waals surface area contributed by atoms with E-state index in [1.165, 1.54) is 32.8 Å². The average molecular weight is 717 g/mol. The lowest BCUT2D eigenvalue weighted by Gasteiger charge is -2.09. The maximum atomic E-state index is 10.9. The first-order chi connectivity index (χ1) is 24.3. The van der Waals surface area contributed by atoms with Crippen molar-refractivity contribution in [3.8, 4) is 0 Å². The number of carbonyl (C=O) groups is 1. The summed E-state index contributed by atoms with van der Waals surface area (Å²) in [5.41, 5.74) is 0. The first-order valence-electron chi connectivity index (χ1n) is 17.9. The topological polar surface area (TPSA) is 146 Å². The van der Waals surface area contributed by atoms with Crippen LogP contribution in [0.3, 0.4) is 0 Å². The summed E-state index contributed by atoms with van der Waals surface area (Å²) in [4.78, 5) is 10.9. The zero-order valence-corrected chi connectivity index (χ0v) is 30.5. The second-order valence-corrected chi connectivity index (χ2v) is 10.4. The number of rotatable bonds is 44. The third-order valence-electron chi connectivity index (χ3n) is 6.30. The molecule has 0 fully saturated rings. The van der Waals surface area contributed by atoms with Gasteiger partial charge < -0.3 is 66.3 Å². The Bertz CT molecular complexity index is 618. The number of ether oxygens (including phenoxy) is 14. The normalized spacial score (nSPS) is 11.5. The first kappa shape index (κ1) is 48.0. The van der Waals surface area contributed by atoms with Gasteiger partial charge in [0.1, 0.15) is 6.61 Å². The molecule has 0 N–H and O–H groups in total. The summed E-state index contributed by atoms with van der Waals surface area (Å²) in [6, 6.07) is 0. The minimum atomic E-state index is -0.407. The van der Waals surface area contributed by atoms with Crippen molar-refractivity contribution < 1.29 is 71.1 Å². The quantitative estimate of drug-likeness (QED) is 0.0671. The van der Waals surface area contributed by atoms with Crippen molar-refractivity contribution in [3.63, 3.8) is 0 Å². The smallest absolute Gasteiger partial charge is 0.331 e. The van der Waals surface area contributed by atoms with Crippen LogP contribution in [0.25, 0.3) is 0 Å². The van der Waals surface area contributed by atoms with Crippen molar-refractivity contribution in [2.45, 2.75) is 39.0 Å². The summed E-state index contributed by atoms with van der Waals surface area (Å²) in [5, 5.41) is 0. The second kappa shape index (κ2) is 45.0. The molecule has 49 heavy (non-hydrogen) atoms. The lowest BCUT2D eigenvalue weighted by Crippen LogP contribution is -2.16. The highest BCUT2D eigenvalue weighted by Gasteiger charge is 2.00. The minimum absolute atomic E-state index is 0.0705. The van der Waals surface area contributed by atoms with Crippen LogP contribution in [0.2, 0.25) is 0 Å². The van der Waals surface area contributed by atoms with E-state index in [-0.39, 0.29) is 6.61 Å². The summed E-state index contributed by atoms with van der Waals surface area (Å²) in [5.74, 6) is -0.407. The van der Waals surface area contributed by atoms with Crippen LogP contribution < -0.4 is 0 Å². The number of esters is 1. The summed E-state index contributed by atoms with van der Waals surface area (Å²) in [7, 11) is 1.32. The minimum Gasteiger partial charge on any atom is -0.467 e. The van der Waals surface area contributed by atoms with Crippen LogP contribution in [-0.2, 0) is 71.1 Å². The van der Waals surface area contributed by atoms with Gasteiger partial charge in [-0.3, -0.25) is 0 Å². The van der Waals surface area contributed by atoms with E-state index in [1.807, 2.05) is 0 Å². The van der Waals surface area contributed by atoms with E-state index in [0.717, 1.165) is 13.0 Å². The summed E-state index contributed by atoms with van der Waals surface area (Å²) < 4.78 is 75.1. The molecule has 0 saturated heterocycles. The lowest BCUT2D eigenvalue weighted by molar-refractivity contribution is -0.146. The van der Waals surface area contributed by atoms with Gasteiger partial charge in [0.2, 0.25) is 0 Å². The van der Waals surface area contributed by atoms with Crippen LogP contribution in [0.15, 0.2) is 0 Å². The number of carbonyl (C=O) groups excluding carboxylic acids is 1. The Morgan fingerprint density at radius 1 is 0.306 bits per heavy atom. The molecule has 0 radical (unpaired) electrons. The standard InChI is InChI=1S/C34H68O15/c1-3-4-5-6-7-8-37-9-10-38-11-12-39-13-14-40-15-16-41-17-18-42-19-20-43-21-22-44-23-24-45-25-26-46-27-28-47-29-30-48-31-32-49-33-34(35)36-2/h3-33H2,1-2H3. The molecule has 0 amide bonds. The van der Waals surface area contributed by atoms with Gasteiger partial charge in [-0.15, -0.1) is 0 Å². The molecule has 0 atom stereocenters. The van der Waals surface area contributed by atoms with Crippen molar-refractivity contribution in [1.82, 2.24) is 0 Å². The van der Waals surface area contributed by atoms with Crippen LogP contribution in [0.5, 0.6) is 0 Å². The predicted molar refractivity (Wildman–Crippen MR) is 181 cm³/mol. The van der Waals surface area contributed by atoms with Crippen LogP contribution in [0, 0.1) is 0 Å². The Labute approximate surface area is 295 Å². The highest BCUT2D eigenvalue weighted by atomic mass is 16.6. The molecule has 0 aliphatic heterocycles. The average Bonchev–Trinajstić information content (AvgIpc) is 3.11. The molecule has 0 spiro atoms. The molecule has 0 aromatic rings. The molecule has 0 aliphatic carbocycles. The molecule has 0 unspecified atom stereocenters. The highest BCUT2D eigenvalue weighted by molar-refractivity contribution is 5.70. The van der Waals surface area contributed by atoms with Gasteiger partial charge in [-0.05, 0) is 6.42 Å². The van der Waals surface area contributed by atoms with Crippen molar-refractivity contribution in [3.05, 3.63) is 0 Å². The van der Waals surface area contributed by atoms with Gasteiger partial charge >= 0.3 is 5.97 Å². The number of hydrogen-bond donors (Lipinski definition) is 0. The van der Waals surface area contributed by atoms with Crippen LogP contribution in [0.4, 0.5) is 0 Å². The first-order valence-corrected chi connectivity index (χ1v) is 17.9. The highest BCUT2D eigenvalue weighted by Crippen LogP contribution is 2.02. The Morgan fingerprint density at radius 2 is 0.531 bits per heavy atom. The molecule has 0 aliphatic rings. The van der Waals surface area contributed by atoms with Crippen LogP contribution in [-0.4, -0.2) is 185 Å². The Kier molecular flexibility index (Phi) is 44.0. The fourth-order valence-corrected chi connectivity index (χ4v) is 3.66. The van der Waals surface area contributed by atoms with Gasteiger partial charge in [-0.25, -0.2) is 4.79 Å². The molecule has 0 aromatic carbocycles. The molecule has 0 rings (SSSR count). The molecule has 0 saturated carbocycles. The van der Waals surface area contributed by atoms with Gasteiger partial charge in [-0.1, -0.05) is 32.6 Å². The number of methoxy groups -OCH3 is 1. The van der Waals surface area contributed by atoms with E-state index < -0.39 is 5.97 Å². The molecule has 0 aromatic heterocycles. The zero-order valence-electron chi connectivity index (χ0n) is 30.5. The van der Waals surface area contributed by atoms with E-state index in [2.05, 4.69) is 11.7 Å². The monoisotopic (exact) mass is 716 g/mol. The largest absolute Gasteiger partial charge is 0.467 e. The third-order valence-corrected chi connectivity index (χ3v) is 6.30. The van der Waals surface area contributed by atoms with E-state index in [9.17, 15) is 4.79 Å². The van der Waals surface area contributed by atoms with Crippen LogP contribution >= 0.6 is 0 Å². The van der Waals surface area contributed by atoms with Gasteiger partial charge in [0, 0.05) is 6.61 Å². The molecule has 15 heteroatoms. The molecular formula is C34H68O15. The lowest BCUT2D eigenvalue weighted by atomic mass is 10.2. The summed E-state index contributed by atoms with van der Waals surface area (Å²) in [6.45, 7) is 15.0. The fourth-order valence-electron chi connectivity index (χ4n) is 3.66. The second-order valence-electron chi connectivity index (χ2n) is 10.4. The Morgan fingerprint density at radius 3 is 0.776 bits per heavy atom. The SMILES string of the molecule is CCCCCCCOCCOCCOCCOCCOCCOCCOCCOCCOCCOCCOCCOCCOCC(=O)OC. The molecule has 15 nitrogen and oxygen atoms in total. The maximum Gasteiger partial charge on any atom is 0.331 e. The van der Waals surface area contributed by atoms with Gasteiger partial charge in [-0.2, -0.15) is 0 Å². The Balaban J connectivity index is 3.05. The van der Waals surface area contributed by atoms with E-state index in [0.29, 0.717) is 159 Å². The van der Waals surface area contributed by atoms with Crippen LogP contribution in [0.1, 0.15) is 39.0 Å². The van der Waals surface area contributed by atoms with Crippen molar-refractivity contribution in [1.29, 1.82) is 0 Å². The molecule has 294 valence electrons. The van der Waals surface area contributed by atoms with E-state index >= 15 is 0 Å². The van der Waals surface area contributed by atoms with Crippen molar-refractivity contribution >= 4 is 5.97 Å². The van der Waals surface area contributed by atoms with Gasteiger partial charge in [0.05, 0.1) is 166 Å². The Hall–Kier alpha value is -1.05. The van der Waals surface area contributed by atoms with Crippen molar-refractivity contribution in [2.75, 3.05) is 179 Å². The van der Waals surface area contributed by atoms with Gasteiger partial charge in [0.25, 0.3) is 0 Å². The molecule has 0 bridgehead atoms. The fraction of sp³-hybridized carbons (Fsp3) is 0.971. The van der Waals surface area contributed by atoms with E-state index in [1.54, 1.807) is 0 Å². The number of hydrogen-bond acceptors (Lipinski definition) is 15. The predicted octanol–water partition coefficient (Wildman–Crippen LogP) is 2.35. The number of unbranched alkanes of at least 4 members (excludes halogenated alkanes) is 4. The molecule has 0 heterocycles. The van der Waals surface area contributed by atoms with E-state index in [4.69, 9.17) is 61.6 Å². The maximum absolute atomic E-state index is 10.9. The molecular weight excluding hydrogens is 648 g/mol.